The Labute approximate surface area is 114 Å². The molecule has 0 aliphatic carbocycles. The monoisotopic (exact) mass is 262 g/mol. The molecular weight excluding hydrogens is 240 g/mol. The van der Waals surface area contributed by atoms with Gasteiger partial charge in [0.1, 0.15) is 0 Å². The van der Waals surface area contributed by atoms with Gasteiger partial charge in [-0.2, -0.15) is 0 Å². The van der Waals surface area contributed by atoms with Gasteiger partial charge in [0.2, 0.25) is 5.96 Å². The molecule has 0 bridgehead atoms. The van der Waals surface area contributed by atoms with Crippen molar-refractivity contribution in [3.05, 3.63) is 29.3 Å². The van der Waals surface area contributed by atoms with Crippen LogP contribution in [0.1, 0.15) is 18.1 Å². The van der Waals surface area contributed by atoms with E-state index in [-0.39, 0.29) is 6.03 Å². The highest BCUT2D eigenvalue weighted by Gasteiger charge is 2.10. The quantitative estimate of drug-likeness (QED) is 0.635. The average molecular weight is 262 g/mol. The molecule has 19 heavy (non-hydrogen) atoms. The third-order valence-electron chi connectivity index (χ3n) is 2.68. The van der Waals surface area contributed by atoms with Crippen LogP contribution in [0.2, 0.25) is 0 Å². The Kier molecular flexibility index (Phi) is 5.36. The van der Waals surface area contributed by atoms with Crippen LogP contribution < -0.4 is 10.6 Å². The topological polar surface area (TPSA) is 56.7 Å². The third kappa shape index (κ3) is 4.28. The maximum Gasteiger partial charge on any atom is 0.326 e. The molecule has 5 nitrogen and oxygen atoms in total. The van der Waals surface area contributed by atoms with Gasteiger partial charge in [-0.15, -0.1) is 0 Å². The van der Waals surface area contributed by atoms with Gasteiger partial charge in [-0.05, 0) is 31.9 Å². The van der Waals surface area contributed by atoms with Gasteiger partial charge in [0.15, 0.2) is 0 Å². The molecule has 0 unspecified atom stereocenters. The average Bonchev–Trinajstić information content (AvgIpc) is 2.33. The number of guanidine groups is 1. The Balaban J connectivity index is 2.78. The zero-order valence-corrected chi connectivity index (χ0v) is 12.2. The first kappa shape index (κ1) is 15.0. The van der Waals surface area contributed by atoms with E-state index in [2.05, 4.69) is 15.6 Å². The zero-order chi connectivity index (χ0) is 14.4. The molecule has 0 aromatic heterocycles. The van der Waals surface area contributed by atoms with Gasteiger partial charge in [-0.25, -0.2) is 4.79 Å². The number of hydrogen-bond acceptors (Lipinski definition) is 2. The summed E-state index contributed by atoms with van der Waals surface area (Å²) in [6.45, 7) is 6.48. The van der Waals surface area contributed by atoms with Gasteiger partial charge in [0.25, 0.3) is 0 Å². The highest BCUT2D eigenvalue weighted by atomic mass is 16.2. The summed E-state index contributed by atoms with van der Waals surface area (Å²) in [5, 5.41) is 5.61. The summed E-state index contributed by atoms with van der Waals surface area (Å²) >= 11 is 0. The summed E-state index contributed by atoms with van der Waals surface area (Å²) in [5.41, 5.74) is 2.91. The number of aliphatic imine (C=N–C) groups is 1. The minimum Gasteiger partial charge on any atom is -0.349 e. The zero-order valence-electron chi connectivity index (χ0n) is 12.2. The van der Waals surface area contributed by atoms with Crippen LogP contribution in [0.5, 0.6) is 0 Å². The lowest BCUT2D eigenvalue weighted by atomic mass is 10.1. The van der Waals surface area contributed by atoms with Crippen LogP contribution in [-0.4, -0.2) is 37.5 Å². The molecule has 0 aliphatic heterocycles. The molecule has 0 heterocycles. The van der Waals surface area contributed by atoms with Gasteiger partial charge >= 0.3 is 6.03 Å². The van der Waals surface area contributed by atoms with E-state index < -0.39 is 0 Å². The van der Waals surface area contributed by atoms with Crippen molar-refractivity contribution < 1.29 is 4.79 Å². The number of amides is 2. The third-order valence-corrected chi connectivity index (χ3v) is 2.68. The molecule has 0 saturated carbocycles. The molecule has 1 aromatic carbocycles. The number of nitrogens with zero attached hydrogens (tertiary/aromatic N) is 2. The van der Waals surface area contributed by atoms with E-state index in [1.165, 1.54) is 0 Å². The first-order valence-corrected chi connectivity index (χ1v) is 6.31. The maximum atomic E-state index is 12.0. The van der Waals surface area contributed by atoms with E-state index in [4.69, 9.17) is 0 Å². The predicted octanol–water partition coefficient (Wildman–Crippen LogP) is 2.36. The van der Waals surface area contributed by atoms with Crippen LogP contribution in [-0.2, 0) is 0 Å². The van der Waals surface area contributed by atoms with Crippen LogP contribution in [0.4, 0.5) is 10.5 Å². The summed E-state index contributed by atoms with van der Waals surface area (Å²) in [4.78, 5) is 18.0. The molecule has 0 fully saturated rings. The van der Waals surface area contributed by atoms with Crippen molar-refractivity contribution in [2.45, 2.75) is 20.8 Å². The Morgan fingerprint density at radius 2 is 1.84 bits per heavy atom. The first-order valence-electron chi connectivity index (χ1n) is 6.31. The Hall–Kier alpha value is -2.04. The van der Waals surface area contributed by atoms with Crippen molar-refractivity contribution in [1.29, 1.82) is 0 Å². The van der Waals surface area contributed by atoms with Gasteiger partial charge in [-0.1, -0.05) is 18.2 Å². The lowest BCUT2D eigenvalue weighted by Crippen LogP contribution is -2.42. The lowest BCUT2D eigenvalue weighted by Gasteiger charge is -2.18. The minimum atomic E-state index is -0.279. The van der Waals surface area contributed by atoms with Gasteiger partial charge in [-0.3, -0.25) is 10.3 Å². The standard InChI is InChI=1S/C14H22N4O/c1-6-15-13(18(4)5)17-14(19)16-12-10(2)8-7-9-11(12)3/h7-9H,6H2,1-5H3,(H2,15,16,17,19). The van der Waals surface area contributed by atoms with E-state index in [0.717, 1.165) is 16.8 Å². The SMILES string of the molecule is CCN=C(NC(=O)Nc1c(C)cccc1C)N(C)C. The Morgan fingerprint density at radius 1 is 1.26 bits per heavy atom. The summed E-state index contributed by atoms with van der Waals surface area (Å²) < 4.78 is 0. The molecule has 0 saturated heterocycles. The van der Waals surface area contributed by atoms with Crippen LogP contribution in [0, 0.1) is 13.8 Å². The number of anilines is 1. The molecule has 2 N–H and O–H groups in total. The number of carbonyl (C=O) groups is 1. The predicted molar refractivity (Wildman–Crippen MR) is 79.7 cm³/mol. The number of benzene rings is 1. The summed E-state index contributed by atoms with van der Waals surface area (Å²) in [6.07, 6.45) is 0. The lowest BCUT2D eigenvalue weighted by molar-refractivity contribution is 0.255. The second kappa shape index (κ2) is 6.78. The van der Waals surface area contributed by atoms with E-state index in [1.807, 2.05) is 53.1 Å². The molecular formula is C14H22N4O. The second-order valence-electron chi connectivity index (χ2n) is 4.54. The number of para-hydroxylation sites is 1. The van der Waals surface area contributed by atoms with Gasteiger partial charge < -0.3 is 10.2 Å². The summed E-state index contributed by atoms with van der Waals surface area (Å²) in [5.74, 6) is 0.547. The van der Waals surface area contributed by atoms with Crippen molar-refractivity contribution in [3.8, 4) is 0 Å². The van der Waals surface area contributed by atoms with Crippen molar-refractivity contribution in [2.24, 2.45) is 4.99 Å². The number of urea groups is 1. The molecule has 1 rings (SSSR count). The van der Waals surface area contributed by atoms with E-state index in [9.17, 15) is 4.79 Å². The van der Waals surface area contributed by atoms with Crippen molar-refractivity contribution in [2.75, 3.05) is 26.0 Å². The summed E-state index contributed by atoms with van der Waals surface area (Å²) in [7, 11) is 3.68. The van der Waals surface area contributed by atoms with E-state index in [1.54, 1.807) is 4.90 Å². The molecule has 104 valence electrons. The summed E-state index contributed by atoms with van der Waals surface area (Å²) in [6, 6.07) is 5.63. The van der Waals surface area contributed by atoms with Crippen LogP contribution in [0.25, 0.3) is 0 Å². The fourth-order valence-electron chi connectivity index (χ4n) is 1.70. The Morgan fingerprint density at radius 3 is 2.32 bits per heavy atom. The Bertz CT molecular complexity index is 460. The molecule has 2 amide bonds. The van der Waals surface area contributed by atoms with Crippen molar-refractivity contribution >= 4 is 17.7 Å². The molecule has 0 atom stereocenters. The highest BCUT2D eigenvalue weighted by molar-refractivity contribution is 6.02. The van der Waals surface area contributed by atoms with Crippen LogP contribution in [0.15, 0.2) is 23.2 Å². The number of hydrogen-bond donors (Lipinski definition) is 2. The molecule has 0 spiro atoms. The number of nitrogens with one attached hydrogen (secondary N) is 2. The van der Waals surface area contributed by atoms with E-state index >= 15 is 0 Å². The van der Waals surface area contributed by atoms with Crippen molar-refractivity contribution in [3.63, 3.8) is 0 Å². The van der Waals surface area contributed by atoms with E-state index in [0.29, 0.717) is 12.5 Å². The number of rotatable bonds is 2. The number of carbonyl (C=O) groups excluding carboxylic acids is 1. The fraction of sp³-hybridized carbons (Fsp3) is 0.429. The molecule has 0 aliphatic rings. The second-order valence-corrected chi connectivity index (χ2v) is 4.54. The fourth-order valence-corrected chi connectivity index (χ4v) is 1.70. The van der Waals surface area contributed by atoms with Crippen LogP contribution >= 0.6 is 0 Å². The maximum absolute atomic E-state index is 12.0. The molecule has 1 aromatic rings. The molecule has 0 radical (unpaired) electrons. The number of aryl methyl sites for hydroxylation is 2. The van der Waals surface area contributed by atoms with Crippen LogP contribution in [0.3, 0.4) is 0 Å². The highest BCUT2D eigenvalue weighted by Crippen LogP contribution is 2.18. The normalized spacial score (nSPS) is 11.1. The molecule has 5 heteroatoms. The van der Waals surface area contributed by atoms with Crippen molar-refractivity contribution in [1.82, 2.24) is 10.2 Å². The van der Waals surface area contributed by atoms with Gasteiger partial charge in [0, 0.05) is 26.3 Å². The minimum absolute atomic E-state index is 0.279. The smallest absolute Gasteiger partial charge is 0.326 e. The first-order chi connectivity index (χ1) is 8.95. The largest absolute Gasteiger partial charge is 0.349 e. The van der Waals surface area contributed by atoms with Gasteiger partial charge in [0.05, 0.1) is 0 Å².